The van der Waals surface area contributed by atoms with Crippen molar-refractivity contribution in [1.82, 2.24) is 15.3 Å². The maximum atomic E-state index is 12.6. The molecule has 1 amide bonds. The number of nitrogens with zero attached hydrogens (tertiary/aromatic N) is 1. The van der Waals surface area contributed by atoms with Crippen LogP contribution in [0.15, 0.2) is 42.7 Å². The third-order valence-corrected chi connectivity index (χ3v) is 4.03. The summed E-state index contributed by atoms with van der Waals surface area (Å²) in [5.74, 6) is -0.250. The van der Waals surface area contributed by atoms with E-state index < -0.39 is 18.8 Å². The van der Waals surface area contributed by atoms with E-state index in [0.717, 1.165) is 16.5 Å². The summed E-state index contributed by atoms with van der Waals surface area (Å²) in [5.41, 5.74) is 2.94. The van der Waals surface area contributed by atoms with Gasteiger partial charge in [0.1, 0.15) is 5.75 Å². The molecule has 0 saturated carbocycles. The Morgan fingerprint density at radius 2 is 2.07 bits per heavy atom. The number of benzene rings is 1. The van der Waals surface area contributed by atoms with Crippen LogP contribution >= 0.6 is 0 Å². The van der Waals surface area contributed by atoms with Crippen LogP contribution in [0.4, 0.5) is 13.2 Å². The maximum absolute atomic E-state index is 12.6. The van der Waals surface area contributed by atoms with E-state index >= 15 is 0 Å². The van der Waals surface area contributed by atoms with E-state index in [-0.39, 0.29) is 11.7 Å². The van der Waals surface area contributed by atoms with E-state index in [9.17, 15) is 18.0 Å². The highest BCUT2D eigenvalue weighted by molar-refractivity contribution is 6.07. The highest BCUT2D eigenvalue weighted by atomic mass is 19.4. The minimum atomic E-state index is -4.41. The predicted octanol–water partition coefficient (Wildman–Crippen LogP) is 4.30. The van der Waals surface area contributed by atoms with E-state index in [1.54, 1.807) is 13.1 Å². The van der Waals surface area contributed by atoms with Crippen molar-refractivity contribution in [2.75, 3.05) is 6.61 Å². The fourth-order valence-electron chi connectivity index (χ4n) is 2.67. The van der Waals surface area contributed by atoms with Crippen molar-refractivity contribution < 1.29 is 22.7 Å². The van der Waals surface area contributed by atoms with E-state index in [1.807, 2.05) is 25.1 Å². The van der Waals surface area contributed by atoms with Crippen LogP contribution in [0.25, 0.3) is 10.9 Å². The molecule has 8 heteroatoms. The molecule has 27 heavy (non-hydrogen) atoms. The van der Waals surface area contributed by atoms with Gasteiger partial charge in [-0.3, -0.25) is 9.78 Å². The molecule has 2 aromatic heterocycles. The monoisotopic (exact) mass is 377 g/mol. The normalized spacial score (nSPS) is 12.8. The molecular formula is C19H18F3N3O2. The van der Waals surface area contributed by atoms with Crippen LogP contribution in [0.2, 0.25) is 0 Å². The molecule has 0 aliphatic heterocycles. The summed E-state index contributed by atoms with van der Waals surface area (Å²) < 4.78 is 41.1. The summed E-state index contributed by atoms with van der Waals surface area (Å²) in [6.07, 6.45) is -1.55. The van der Waals surface area contributed by atoms with Gasteiger partial charge in [0.2, 0.25) is 0 Å². The number of aromatic nitrogens is 2. The zero-order valence-corrected chi connectivity index (χ0v) is 14.7. The SMILES string of the molecule is Cc1ccc2[nH]cc(C(=O)N[C@H](C)c3ccc(OCC(F)(F)F)cn3)c2c1. The molecule has 3 aromatic rings. The van der Waals surface area contributed by atoms with Gasteiger partial charge in [-0.1, -0.05) is 11.6 Å². The number of aromatic amines is 1. The molecule has 2 N–H and O–H groups in total. The second kappa shape index (κ2) is 7.30. The average molecular weight is 377 g/mol. The molecule has 5 nitrogen and oxygen atoms in total. The standard InChI is InChI=1S/C19H18F3N3O2/c1-11-3-5-17-14(7-11)15(9-24-17)18(26)25-12(2)16-6-4-13(8-23-16)27-10-19(20,21)22/h3-9,12,24H,10H2,1-2H3,(H,25,26)/t12-/m1/s1. The topological polar surface area (TPSA) is 67.0 Å². The third kappa shape index (κ3) is 4.58. The lowest BCUT2D eigenvalue weighted by Crippen LogP contribution is -2.27. The van der Waals surface area contributed by atoms with Crippen LogP contribution < -0.4 is 10.1 Å². The van der Waals surface area contributed by atoms with Crippen LogP contribution in [0.1, 0.15) is 34.6 Å². The number of fused-ring (bicyclic) bond motifs is 1. The van der Waals surface area contributed by atoms with Gasteiger partial charge in [0.15, 0.2) is 6.61 Å². The number of rotatable bonds is 5. The maximum Gasteiger partial charge on any atom is 0.422 e. The Labute approximate surface area is 153 Å². The number of halogens is 3. The summed E-state index contributed by atoms with van der Waals surface area (Å²) in [6.45, 7) is 2.32. The molecule has 1 atom stereocenters. The van der Waals surface area contributed by atoms with Crippen LogP contribution in [0.5, 0.6) is 5.75 Å². The second-order valence-electron chi connectivity index (χ2n) is 6.27. The molecule has 0 aliphatic rings. The van der Waals surface area contributed by atoms with E-state index in [2.05, 4.69) is 20.0 Å². The lowest BCUT2D eigenvalue weighted by molar-refractivity contribution is -0.153. The van der Waals surface area contributed by atoms with Gasteiger partial charge in [-0.15, -0.1) is 0 Å². The zero-order chi connectivity index (χ0) is 19.6. The van der Waals surface area contributed by atoms with Crippen molar-refractivity contribution in [3.63, 3.8) is 0 Å². The molecule has 0 bridgehead atoms. The Hall–Kier alpha value is -3.03. The summed E-state index contributed by atoms with van der Waals surface area (Å²) in [6, 6.07) is 8.28. The molecule has 142 valence electrons. The number of ether oxygens (including phenoxy) is 1. The number of aryl methyl sites for hydroxylation is 1. The number of amides is 1. The number of nitrogens with one attached hydrogen (secondary N) is 2. The fourth-order valence-corrected chi connectivity index (χ4v) is 2.67. The largest absolute Gasteiger partial charge is 0.483 e. The quantitative estimate of drug-likeness (QED) is 0.697. The first-order valence-corrected chi connectivity index (χ1v) is 8.27. The lowest BCUT2D eigenvalue weighted by atomic mass is 10.1. The summed E-state index contributed by atoms with van der Waals surface area (Å²) >= 11 is 0. The average Bonchev–Trinajstić information content (AvgIpc) is 3.02. The van der Waals surface area contributed by atoms with Gasteiger partial charge in [-0.2, -0.15) is 13.2 Å². The van der Waals surface area contributed by atoms with Crippen molar-refractivity contribution in [2.45, 2.75) is 26.1 Å². The minimum Gasteiger partial charge on any atom is -0.483 e. The van der Waals surface area contributed by atoms with E-state index in [0.29, 0.717) is 11.3 Å². The van der Waals surface area contributed by atoms with Crippen molar-refractivity contribution in [3.05, 3.63) is 59.5 Å². The van der Waals surface area contributed by atoms with Gasteiger partial charge in [-0.05, 0) is 38.1 Å². The van der Waals surface area contributed by atoms with Crippen LogP contribution in [-0.2, 0) is 0 Å². The smallest absolute Gasteiger partial charge is 0.422 e. The number of pyridine rings is 1. The first-order chi connectivity index (χ1) is 12.7. The molecule has 1 aromatic carbocycles. The van der Waals surface area contributed by atoms with Gasteiger partial charge < -0.3 is 15.0 Å². The van der Waals surface area contributed by atoms with Crippen LogP contribution in [0.3, 0.4) is 0 Å². The summed E-state index contributed by atoms with van der Waals surface area (Å²) in [5, 5.41) is 3.67. The Bertz CT molecular complexity index is 949. The Balaban J connectivity index is 1.68. The predicted molar refractivity (Wildman–Crippen MR) is 94.7 cm³/mol. The molecule has 0 unspecified atom stereocenters. The van der Waals surface area contributed by atoms with E-state index in [4.69, 9.17) is 0 Å². The first kappa shape index (κ1) is 18.8. The van der Waals surface area contributed by atoms with Crippen molar-refractivity contribution in [2.24, 2.45) is 0 Å². The Kier molecular flexibility index (Phi) is 5.07. The number of hydrogen-bond acceptors (Lipinski definition) is 3. The van der Waals surface area contributed by atoms with Gasteiger partial charge in [0.25, 0.3) is 5.91 Å². The van der Waals surface area contributed by atoms with Crippen LogP contribution in [-0.4, -0.2) is 28.7 Å². The molecule has 0 radical (unpaired) electrons. The second-order valence-corrected chi connectivity index (χ2v) is 6.27. The zero-order valence-electron chi connectivity index (χ0n) is 14.7. The van der Waals surface area contributed by atoms with Crippen LogP contribution in [0, 0.1) is 6.92 Å². The van der Waals surface area contributed by atoms with Crippen molar-refractivity contribution >= 4 is 16.8 Å². The summed E-state index contributed by atoms with van der Waals surface area (Å²) in [4.78, 5) is 19.7. The number of hydrogen-bond donors (Lipinski definition) is 2. The minimum absolute atomic E-state index is 0.0155. The molecule has 0 fully saturated rings. The Morgan fingerprint density at radius 3 is 2.74 bits per heavy atom. The number of carbonyl (C=O) groups is 1. The van der Waals surface area contributed by atoms with Gasteiger partial charge >= 0.3 is 6.18 Å². The van der Waals surface area contributed by atoms with Crippen molar-refractivity contribution in [3.8, 4) is 5.75 Å². The Morgan fingerprint density at radius 1 is 1.30 bits per heavy atom. The van der Waals surface area contributed by atoms with E-state index in [1.165, 1.54) is 18.3 Å². The van der Waals surface area contributed by atoms with Crippen molar-refractivity contribution in [1.29, 1.82) is 0 Å². The highest BCUT2D eigenvalue weighted by Gasteiger charge is 2.28. The lowest BCUT2D eigenvalue weighted by Gasteiger charge is -2.14. The molecule has 0 aliphatic carbocycles. The number of carbonyl (C=O) groups excluding carboxylic acids is 1. The highest BCUT2D eigenvalue weighted by Crippen LogP contribution is 2.22. The number of H-pyrrole nitrogens is 1. The molecular weight excluding hydrogens is 359 g/mol. The van der Waals surface area contributed by atoms with Gasteiger partial charge in [0, 0.05) is 17.1 Å². The molecule has 3 rings (SSSR count). The van der Waals surface area contributed by atoms with Gasteiger partial charge in [-0.25, -0.2) is 0 Å². The third-order valence-electron chi connectivity index (χ3n) is 4.03. The first-order valence-electron chi connectivity index (χ1n) is 8.27. The van der Waals surface area contributed by atoms with Gasteiger partial charge in [0.05, 0.1) is 23.5 Å². The summed E-state index contributed by atoms with van der Waals surface area (Å²) in [7, 11) is 0. The molecule has 0 spiro atoms. The number of alkyl halides is 3. The molecule has 0 saturated heterocycles. The molecule has 2 heterocycles. The fraction of sp³-hybridized carbons (Fsp3) is 0.263.